The van der Waals surface area contributed by atoms with E-state index in [1.54, 1.807) is 0 Å². The maximum atomic E-state index is 12.0. The molecule has 0 unspecified atom stereocenters. The first-order valence-corrected chi connectivity index (χ1v) is 7.73. The zero-order valence-electron chi connectivity index (χ0n) is 11.1. The van der Waals surface area contributed by atoms with Crippen molar-refractivity contribution >= 4 is 22.0 Å². The first-order chi connectivity index (χ1) is 8.71. The van der Waals surface area contributed by atoms with Crippen LogP contribution in [0.4, 0.5) is 4.79 Å². The van der Waals surface area contributed by atoms with E-state index >= 15 is 0 Å². The molecule has 0 aromatic carbocycles. The van der Waals surface area contributed by atoms with Crippen LogP contribution in [0.3, 0.4) is 0 Å². The van der Waals surface area contributed by atoms with Crippen LogP contribution in [-0.4, -0.2) is 85.7 Å². The number of hydrogen-bond acceptors (Lipinski definition) is 4. The largest absolute Gasteiger partial charge is 0.481 e. The quantitative estimate of drug-likeness (QED) is 0.723. The third-order valence-electron chi connectivity index (χ3n) is 2.97. The summed E-state index contributed by atoms with van der Waals surface area (Å²) in [5.41, 5.74) is 0. The van der Waals surface area contributed by atoms with Gasteiger partial charge >= 0.3 is 12.0 Å². The first-order valence-electron chi connectivity index (χ1n) is 5.89. The third-order valence-corrected chi connectivity index (χ3v) is 4.27. The predicted molar refractivity (Wildman–Crippen MR) is 68.3 cm³/mol. The lowest BCUT2D eigenvalue weighted by Gasteiger charge is -2.35. The van der Waals surface area contributed by atoms with Crippen LogP contribution in [0.15, 0.2) is 0 Å². The summed E-state index contributed by atoms with van der Waals surface area (Å²) in [6.07, 6.45) is 1.04. The van der Waals surface area contributed by atoms with E-state index in [1.165, 1.54) is 21.2 Å². The molecule has 0 bridgehead atoms. The van der Waals surface area contributed by atoms with Crippen molar-refractivity contribution in [1.29, 1.82) is 0 Å². The van der Waals surface area contributed by atoms with E-state index in [0.29, 0.717) is 13.1 Å². The molecule has 0 spiro atoms. The molecule has 2 amide bonds. The lowest BCUT2D eigenvalue weighted by Crippen LogP contribution is -2.53. The van der Waals surface area contributed by atoms with Gasteiger partial charge in [-0.1, -0.05) is 0 Å². The Morgan fingerprint density at radius 1 is 1.21 bits per heavy atom. The number of nitrogens with zero attached hydrogens (tertiary/aromatic N) is 3. The summed E-state index contributed by atoms with van der Waals surface area (Å²) in [6.45, 7) is 1.34. The molecule has 19 heavy (non-hydrogen) atoms. The zero-order chi connectivity index (χ0) is 14.6. The minimum atomic E-state index is -3.21. The number of carbonyl (C=O) groups excluding carboxylic acids is 1. The Hall–Kier alpha value is -1.35. The fraction of sp³-hybridized carbons (Fsp3) is 0.800. The van der Waals surface area contributed by atoms with Gasteiger partial charge in [0.2, 0.25) is 10.0 Å². The standard InChI is InChI=1S/C10H19N3O5S/c1-11(4-3-9(14)15)10(16)12-5-7-13(8-6-12)19(2,17)18/h3-8H2,1-2H3,(H,14,15). The van der Waals surface area contributed by atoms with Crippen LogP contribution in [-0.2, 0) is 14.8 Å². The Balaban J connectivity index is 2.46. The fourth-order valence-electron chi connectivity index (χ4n) is 1.81. The fourth-order valence-corrected chi connectivity index (χ4v) is 2.64. The van der Waals surface area contributed by atoms with Crippen LogP contribution in [0.25, 0.3) is 0 Å². The third kappa shape index (κ3) is 4.67. The van der Waals surface area contributed by atoms with Crippen molar-refractivity contribution in [1.82, 2.24) is 14.1 Å². The van der Waals surface area contributed by atoms with E-state index in [0.717, 1.165) is 6.26 Å². The van der Waals surface area contributed by atoms with Crippen molar-refractivity contribution in [2.75, 3.05) is 46.0 Å². The highest BCUT2D eigenvalue weighted by Crippen LogP contribution is 2.08. The molecular formula is C10H19N3O5S. The Labute approximate surface area is 112 Å². The van der Waals surface area contributed by atoms with Gasteiger partial charge in [-0.2, -0.15) is 4.31 Å². The lowest BCUT2D eigenvalue weighted by atomic mass is 10.3. The lowest BCUT2D eigenvalue weighted by molar-refractivity contribution is -0.137. The summed E-state index contributed by atoms with van der Waals surface area (Å²) in [4.78, 5) is 25.3. The molecule has 1 heterocycles. The van der Waals surface area contributed by atoms with Crippen molar-refractivity contribution in [3.8, 4) is 0 Å². The number of carboxylic acid groups (broad SMARTS) is 1. The molecule has 0 radical (unpaired) electrons. The average molecular weight is 293 g/mol. The molecule has 0 aromatic rings. The summed E-state index contributed by atoms with van der Waals surface area (Å²) in [5.74, 6) is -0.957. The molecule has 0 atom stereocenters. The molecule has 9 heteroatoms. The molecule has 0 aromatic heterocycles. The second-order valence-corrected chi connectivity index (χ2v) is 6.48. The van der Waals surface area contributed by atoms with E-state index in [1.807, 2.05) is 0 Å². The van der Waals surface area contributed by atoms with Crippen molar-refractivity contribution in [2.24, 2.45) is 0 Å². The van der Waals surface area contributed by atoms with E-state index in [9.17, 15) is 18.0 Å². The second-order valence-electron chi connectivity index (χ2n) is 4.50. The summed E-state index contributed by atoms with van der Waals surface area (Å²) >= 11 is 0. The minimum absolute atomic E-state index is 0.106. The number of piperazine rings is 1. The summed E-state index contributed by atoms with van der Waals surface area (Å²) in [5, 5.41) is 8.55. The molecule has 1 aliphatic rings. The average Bonchev–Trinajstić information content (AvgIpc) is 2.34. The van der Waals surface area contributed by atoms with Crippen molar-refractivity contribution in [3.05, 3.63) is 0 Å². The number of sulfonamides is 1. The number of amides is 2. The molecule has 1 rings (SSSR count). The first kappa shape index (κ1) is 15.7. The summed E-state index contributed by atoms with van der Waals surface area (Å²) in [6, 6.07) is -0.269. The van der Waals surface area contributed by atoms with Crippen molar-refractivity contribution in [3.63, 3.8) is 0 Å². The van der Waals surface area contributed by atoms with Crippen molar-refractivity contribution < 1.29 is 23.1 Å². The van der Waals surface area contributed by atoms with E-state index < -0.39 is 16.0 Å². The normalized spacial score (nSPS) is 17.3. The van der Waals surface area contributed by atoms with E-state index in [2.05, 4.69) is 0 Å². The highest BCUT2D eigenvalue weighted by Gasteiger charge is 2.27. The van der Waals surface area contributed by atoms with Gasteiger partial charge in [0.15, 0.2) is 0 Å². The molecule has 1 saturated heterocycles. The minimum Gasteiger partial charge on any atom is -0.481 e. The van der Waals surface area contributed by atoms with Crippen LogP contribution >= 0.6 is 0 Å². The Morgan fingerprint density at radius 3 is 2.16 bits per heavy atom. The molecule has 0 saturated carbocycles. The van der Waals surface area contributed by atoms with Gasteiger partial charge in [-0.05, 0) is 0 Å². The van der Waals surface area contributed by atoms with E-state index in [4.69, 9.17) is 5.11 Å². The Kier molecular flexibility index (Phi) is 5.12. The van der Waals surface area contributed by atoms with Gasteiger partial charge in [0, 0.05) is 39.8 Å². The van der Waals surface area contributed by atoms with Crippen LogP contribution in [0.2, 0.25) is 0 Å². The Bertz CT molecular complexity index is 442. The van der Waals surface area contributed by atoms with Gasteiger partial charge in [-0.3, -0.25) is 4.79 Å². The summed E-state index contributed by atoms with van der Waals surface area (Å²) < 4.78 is 24.0. The molecule has 8 nitrogen and oxygen atoms in total. The van der Waals surface area contributed by atoms with Gasteiger partial charge in [0.05, 0.1) is 12.7 Å². The smallest absolute Gasteiger partial charge is 0.319 e. The zero-order valence-corrected chi connectivity index (χ0v) is 11.9. The maximum Gasteiger partial charge on any atom is 0.319 e. The summed E-state index contributed by atoms with van der Waals surface area (Å²) in [7, 11) is -1.68. The van der Waals surface area contributed by atoms with Gasteiger partial charge in [-0.15, -0.1) is 0 Å². The molecule has 0 aliphatic carbocycles. The monoisotopic (exact) mass is 293 g/mol. The maximum absolute atomic E-state index is 12.0. The SMILES string of the molecule is CN(CCC(=O)O)C(=O)N1CCN(S(C)(=O)=O)CC1. The molecule has 110 valence electrons. The molecule has 1 fully saturated rings. The Morgan fingerprint density at radius 2 is 1.74 bits per heavy atom. The number of aliphatic carboxylic acids is 1. The van der Waals surface area contributed by atoms with Gasteiger partial charge in [0.1, 0.15) is 0 Å². The molecule has 1 aliphatic heterocycles. The van der Waals surface area contributed by atoms with E-state index in [-0.39, 0.29) is 32.1 Å². The van der Waals surface area contributed by atoms with Crippen LogP contribution < -0.4 is 0 Å². The number of carboxylic acids is 1. The topological polar surface area (TPSA) is 98.2 Å². The van der Waals surface area contributed by atoms with Gasteiger partial charge in [-0.25, -0.2) is 13.2 Å². The number of urea groups is 1. The second kappa shape index (κ2) is 6.20. The number of hydrogen-bond donors (Lipinski definition) is 1. The highest BCUT2D eigenvalue weighted by atomic mass is 32.2. The van der Waals surface area contributed by atoms with Crippen molar-refractivity contribution in [2.45, 2.75) is 6.42 Å². The molecule has 1 N–H and O–H groups in total. The molecular weight excluding hydrogens is 274 g/mol. The van der Waals surface area contributed by atoms with Gasteiger partial charge < -0.3 is 14.9 Å². The highest BCUT2D eigenvalue weighted by molar-refractivity contribution is 7.88. The number of rotatable bonds is 4. The predicted octanol–water partition coefficient (Wildman–Crippen LogP) is -0.910. The van der Waals surface area contributed by atoms with Crippen LogP contribution in [0.1, 0.15) is 6.42 Å². The van der Waals surface area contributed by atoms with Crippen LogP contribution in [0, 0.1) is 0 Å². The van der Waals surface area contributed by atoms with Gasteiger partial charge in [0.25, 0.3) is 0 Å². The number of carbonyl (C=O) groups is 2. The van der Waals surface area contributed by atoms with Crippen LogP contribution in [0.5, 0.6) is 0 Å².